The van der Waals surface area contributed by atoms with Gasteiger partial charge in [0.15, 0.2) is 0 Å². The van der Waals surface area contributed by atoms with Crippen LogP contribution in [0.25, 0.3) is 0 Å². The van der Waals surface area contributed by atoms with Crippen LogP contribution in [-0.4, -0.2) is 17.1 Å². The fourth-order valence-electron chi connectivity index (χ4n) is 2.41. The largest absolute Gasteiger partial charge is 0.496 e. The molecular weight excluding hydrogens is 250 g/mol. The predicted molar refractivity (Wildman–Crippen MR) is 79.7 cm³/mol. The number of aryl methyl sites for hydroxylation is 1. The second kappa shape index (κ2) is 6.48. The number of aromatic nitrogens is 2. The van der Waals surface area contributed by atoms with Crippen LogP contribution in [0.5, 0.6) is 5.75 Å². The molecule has 0 saturated carbocycles. The zero-order chi connectivity index (χ0) is 14.5. The zero-order valence-electron chi connectivity index (χ0n) is 12.4. The first-order valence-electron chi connectivity index (χ1n) is 6.80. The molecule has 0 aliphatic heterocycles. The lowest BCUT2D eigenvalue weighted by Gasteiger charge is -2.22. The van der Waals surface area contributed by atoms with Gasteiger partial charge in [0.1, 0.15) is 5.75 Å². The number of hydrogen-bond acceptors (Lipinski definition) is 4. The number of rotatable bonds is 5. The Morgan fingerprint density at radius 3 is 2.45 bits per heavy atom. The first kappa shape index (κ1) is 14.5. The van der Waals surface area contributed by atoms with E-state index in [9.17, 15) is 0 Å². The Morgan fingerprint density at radius 2 is 1.75 bits per heavy atom. The van der Waals surface area contributed by atoms with Crippen LogP contribution in [0.15, 0.2) is 36.7 Å². The van der Waals surface area contributed by atoms with Crippen molar-refractivity contribution in [3.63, 3.8) is 0 Å². The summed E-state index contributed by atoms with van der Waals surface area (Å²) in [4.78, 5) is 8.70. The van der Waals surface area contributed by atoms with Crippen molar-refractivity contribution in [1.82, 2.24) is 15.3 Å². The molecule has 1 N–H and O–H groups in total. The van der Waals surface area contributed by atoms with Crippen LogP contribution in [0.2, 0.25) is 0 Å². The van der Waals surface area contributed by atoms with Gasteiger partial charge in [-0.3, -0.25) is 9.97 Å². The number of hydrogen-bond donors (Lipinski definition) is 1. The number of para-hydroxylation sites is 1. The van der Waals surface area contributed by atoms with Gasteiger partial charge in [-0.25, -0.2) is 0 Å². The molecule has 0 saturated heterocycles. The number of ether oxygens (including phenoxy) is 1. The van der Waals surface area contributed by atoms with Gasteiger partial charge in [-0.1, -0.05) is 18.2 Å². The number of nitrogens with one attached hydrogen (secondary N) is 1. The van der Waals surface area contributed by atoms with Gasteiger partial charge >= 0.3 is 0 Å². The SMILES string of the molecule is COc1ccccc1[C@@H](C)NC(C)c1nccnc1C. The van der Waals surface area contributed by atoms with Gasteiger partial charge in [-0.15, -0.1) is 0 Å². The summed E-state index contributed by atoms with van der Waals surface area (Å²) in [5, 5.41) is 3.55. The van der Waals surface area contributed by atoms with Crippen molar-refractivity contribution in [3.05, 3.63) is 53.6 Å². The van der Waals surface area contributed by atoms with E-state index in [0.29, 0.717) is 0 Å². The molecule has 0 amide bonds. The van der Waals surface area contributed by atoms with Crippen molar-refractivity contribution < 1.29 is 4.74 Å². The number of nitrogens with zero attached hydrogens (tertiary/aromatic N) is 2. The monoisotopic (exact) mass is 271 g/mol. The first-order chi connectivity index (χ1) is 9.63. The fourth-order valence-corrected chi connectivity index (χ4v) is 2.41. The first-order valence-corrected chi connectivity index (χ1v) is 6.80. The van der Waals surface area contributed by atoms with Crippen molar-refractivity contribution in [1.29, 1.82) is 0 Å². The molecule has 2 rings (SSSR count). The maximum Gasteiger partial charge on any atom is 0.123 e. The molecule has 106 valence electrons. The van der Waals surface area contributed by atoms with Crippen LogP contribution in [-0.2, 0) is 0 Å². The van der Waals surface area contributed by atoms with Gasteiger partial charge in [0, 0.05) is 30.0 Å². The third-order valence-corrected chi connectivity index (χ3v) is 3.43. The van der Waals surface area contributed by atoms with Crippen LogP contribution < -0.4 is 10.1 Å². The van der Waals surface area contributed by atoms with E-state index in [1.165, 1.54) is 0 Å². The summed E-state index contributed by atoms with van der Waals surface area (Å²) in [5.74, 6) is 0.899. The summed E-state index contributed by atoms with van der Waals surface area (Å²) >= 11 is 0. The van der Waals surface area contributed by atoms with E-state index < -0.39 is 0 Å². The molecule has 0 radical (unpaired) electrons. The molecule has 0 aliphatic carbocycles. The minimum absolute atomic E-state index is 0.128. The minimum atomic E-state index is 0.128. The molecule has 4 nitrogen and oxygen atoms in total. The Hall–Kier alpha value is -1.94. The average molecular weight is 271 g/mol. The highest BCUT2D eigenvalue weighted by Crippen LogP contribution is 2.26. The second-order valence-corrected chi connectivity index (χ2v) is 4.88. The predicted octanol–water partition coefficient (Wildman–Crippen LogP) is 3.21. The van der Waals surface area contributed by atoms with E-state index in [0.717, 1.165) is 22.7 Å². The quantitative estimate of drug-likeness (QED) is 0.907. The highest BCUT2D eigenvalue weighted by atomic mass is 16.5. The van der Waals surface area contributed by atoms with E-state index in [1.54, 1.807) is 19.5 Å². The third-order valence-electron chi connectivity index (χ3n) is 3.43. The van der Waals surface area contributed by atoms with Crippen molar-refractivity contribution in [2.45, 2.75) is 32.9 Å². The maximum atomic E-state index is 5.41. The molecule has 2 aromatic rings. The molecule has 1 aromatic carbocycles. The molecule has 20 heavy (non-hydrogen) atoms. The van der Waals surface area contributed by atoms with Crippen LogP contribution in [0, 0.1) is 6.92 Å². The van der Waals surface area contributed by atoms with Crippen molar-refractivity contribution >= 4 is 0 Å². The van der Waals surface area contributed by atoms with Gasteiger partial charge in [0.05, 0.1) is 18.5 Å². The van der Waals surface area contributed by atoms with E-state index in [2.05, 4.69) is 35.2 Å². The summed E-state index contributed by atoms with van der Waals surface area (Å²) in [6, 6.07) is 8.35. The topological polar surface area (TPSA) is 47.0 Å². The molecule has 0 fully saturated rings. The van der Waals surface area contributed by atoms with Crippen LogP contribution >= 0.6 is 0 Å². The van der Waals surface area contributed by atoms with E-state index in [1.807, 2.05) is 25.1 Å². The fraction of sp³-hybridized carbons (Fsp3) is 0.375. The number of benzene rings is 1. The van der Waals surface area contributed by atoms with Crippen molar-refractivity contribution in [3.8, 4) is 5.75 Å². The molecule has 1 aromatic heterocycles. The van der Waals surface area contributed by atoms with Crippen LogP contribution in [0.3, 0.4) is 0 Å². The Labute approximate surface area is 120 Å². The van der Waals surface area contributed by atoms with E-state index >= 15 is 0 Å². The standard InChI is InChI=1S/C16H21N3O/c1-11(14-7-5-6-8-15(14)20-4)19-13(3)16-12(2)17-9-10-18-16/h5-11,13,19H,1-4H3/t11-,13?/m1/s1. The number of methoxy groups -OCH3 is 1. The van der Waals surface area contributed by atoms with Crippen LogP contribution in [0.1, 0.15) is 42.9 Å². The summed E-state index contributed by atoms with van der Waals surface area (Å²) in [6.07, 6.45) is 3.45. The molecule has 4 heteroatoms. The molecule has 1 heterocycles. The smallest absolute Gasteiger partial charge is 0.123 e. The van der Waals surface area contributed by atoms with Gasteiger partial charge in [-0.2, -0.15) is 0 Å². The van der Waals surface area contributed by atoms with Gasteiger partial charge in [0.2, 0.25) is 0 Å². The molecule has 0 aliphatic rings. The zero-order valence-corrected chi connectivity index (χ0v) is 12.4. The summed E-state index contributed by atoms with van der Waals surface area (Å²) in [7, 11) is 1.70. The molecular formula is C16H21N3O. The molecule has 0 spiro atoms. The lowest BCUT2D eigenvalue weighted by molar-refractivity contribution is 0.395. The lowest BCUT2D eigenvalue weighted by Crippen LogP contribution is -2.24. The summed E-state index contributed by atoms with van der Waals surface area (Å²) in [5.41, 5.74) is 3.08. The van der Waals surface area contributed by atoms with Crippen molar-refractivity contribution in [2.75, 3.05) is 7.11 Å². The van der Waals surface area contributed by atoms with Gasteiger partial charge in [-0.05, 0) is 26.8 Å². The summed E-state index contributed by atoms with van der Waals surface area (Å²) < 4.78 is 5.41. The molecule has 2 atom stereocenters. The second-order valence-electron chi connectivity index (χ2n) is 4.88. The lowest BCUT2D eigenvalue weighted by atomic mass is 10.1. The Balaban J connectivity index is 2.15. The van der Waals surface area contributed by atoms with Gasteiger partial charge in [0.25, 0.3) is 0 Å². The normalized spacial score (nSPS) is 13.8. The van der Waals surface area contributed by atoms with E-state index in [4.69, 9.17) is 4.74 Å². The van der Waals surface area contributed by atoms with Gasteiger partial charge < -0.3 is 10.1 Å². The van der Waals surface area contributed by atoms with E-state index in [-0.39, 0.29) is 12.1 Å². The Bertz CT molecular complexity index is 571. The van der Waals surface area contributed by atoms with Crippen molar-refractivity contribution in [2.24, 2.45) is 0 Å². The average Bonchev–Trinajstić information content (AvgIpc) is 2.47. The minimum Gasteiger partial charge on any atom is -0.496 e. The van der Waals surface area contributed by atoms with Crippen LogP contribution in [0.4, 0.5) is 0 Å². The Kier molecular flexibility index (Phi) is 4.69. The molecule has 0 bridgehead atoms. The highest BCUT2D eigenvalue weighted by molar-refractivity contribution is 5.35. The third kappa shape index (κ3) is 3.14. The Morgan fingerprint density at radius 1 is 1.05 bits per heavy atom. The highest BCUT2D eigenvalue weighted by Gasteiger charge is 2.16. The summed E-state index contributed by atoms with van der Waals surface area (Å²) in [6.45, 7) is 6.21. The molecule has 1 unspecified atom stereocenters. The maximum absolute atomic E-state index is 5.41.